The molecule has 0 bridgehead atoms. The van der Waals surface area contributed by atoms with Gasteiger partial charge in [-0.2, -0.15) is 0 Å². The van der Waals surface area contributed by atoms with Crippen LogP contribution in [0.1, 0.15) is 41.5 Å². The Morgan fingerprint density at radius 2 is 1.12 bits per heavy atom. The fourth-order valence-corrected chi connectivity index (χ4v) is 5.48. The molecule has 0 aliphatic heterocycles. The molecule has 100 valence electrons. The van der Waals surface area contributed by atoms with Gasteiger partial charge in [-0.15, -0.1) is 13.2 Å². The van der Waals surface area contributed by atoms with E-state index in [1.165, 1.54) is 0 Å². The van der Waals surface area contributed by atoms with Crippen LogP contribution in [0.3, 0.4) is 0 Å². The Morgan fingerprint density at radius 1 is 0.824 bits per heavy atom. The Balaban J connectivity index is 5.10. The van der Waals surface area contributed by atoms with E-state index in [1.807, 2.05) is 12.2 Å². The van der Waals surface area contributed by atoms with Crippen LogP contribution < -0.4 is 0 Å². The molecule has 0 unspecified atom stereocenters. The SMILES string of the molecule is C=CC[Si](CC=C)(OC(C)(C)C)OC(C)(C)C. The van der Waals surface area contributed by atoms with E-state index in [2.05, 4.69) is 54.7 Å². The quantitative estimate of drug-likeness (QED) is 0.517. The number of hydrogen-bond acceptors (Lipinski definition) is 2. The molecule has 0 saturated heterocycles. The van der Waals surface area contributed by atoms with Crippen LogP contribution in [0.5, 0.6) is 0 Å². The lowest BCUT2D eigenvalue weighted by atomic mass is 10.2. The maximum absolute atomic E-state index is 6.26. The third kappa shape index (κ3) is 7.52. The van der Waals surface area contributed by atoms with Crippen molar-refractivity contribution in [3.05, 3.63) is 25.3 Å². The van der Waals surface area contributed by atoms with Gasteiger partial charge in [-0.1, -0.05) is 12.2 Å². The van der Waals surface area contributed by atoms with E-state index in [9.17, 15) is 0 Å². The predicted octanol–water partition coefficient (Wildman–Crippen LogP) is 4.43. The van der Waals surface area contributed by atoms with Gasteiger partial charge in [0.2, 0.25) is 0 Å². The Labute approximate surface area is 108 Å². The maximum atomic E-state index is 6.26. The van der Waals surface area contributed by atoms with E-state index in [1.54, 1.807) is 0 Å². The Hall–Kier alpha value is -0.383. The van der Waals surface area contributed by atoms with E-state index in [0.717, 1.165) is 12.1 Å². The first-order chi connectivity index (χ1) is 7.54. The lowest BCUT2D eigenvalue weighted by Gasteiger charge is -2.40. The summed E-state index contributed by atoms with van der Waals surface area (Å²) in [5.74, 6) is 0. The number of hydrogen-bond donors (Lipinski definition) is 0. The summed E-state index contributed by atoms with van der Waals surface area (Å²) in [6.07, 6.45) is 3.79. The molecular formula is C14H28O2Si. The van der Waals surface area contributed by atoms with Crippen molar-refractivity contribution in [2.24, 2.45) is 0 Å². The average Bonchev–Trinajstić information content (AvgIpc) is 1.96. The van der Waals surface area contributed by atoms with Crippen molar-refractivity contribution in [3.8, 4) is 0 Å². The first kappa shape index (κ1) is 16.6. The third-order valence-electron chi connectivity index (χ3n) is 1.90. The van der Waals surface area contributed by atoms with Gasteiger partial charge in [-0.3, -0.25) is 0 Å². The molecule has 0 fully saturated rings. The highest BCUT2D eigenvalue weighted by atomic mass is 28.4. The summed E-state index contributed by atoms with van der Waals surface area (Å²) in [6, 6.07) is 1.57. The molecule has 0 amide bonds. The molecule has 2 nitrogen and oxygen atoms in total. The average molecular weight is 256 g/mol. The number of allylic oxidation sites excluding steroid dienone is 2. The van der Waals surface area contributed by atoms with Crippen LogP contribution in [0.4, 0.5) is 0 Å². The second kappa shape index (κ2) is 5.98. The topological polar surface area (TPSA) is 18.5 Å². The van der Waals surface area contributed by atoms with Gasteiger partial charge in [0, 0.05) is 12.1 Å². The lowest BCUT2D eigenvalue weighted by Crippen LogP contribution is -2.51. The molecule has 0 aliphatic rings. The van der Waals surface area contributed by atoms with Crippen molar-refractivity contribution >= 4 is 8.56 Å². The lowest BCUT2D eigenvalue weighted by molar-refractivity contribution is 0.0169. The van der Waals surface area contributed by atoms with Crippen molar-refractivity contribution in [3.63, 3.8) is 0 Å². The molecule has 0 aliphatic carbocycles. The maximum Gasteiger partial charge on any atom is 0.346 e. The Kier molecular flexibility index (Phi) is 5.85. The summed E-state index contributed by atoms with van der Waals surface area (Å²) in [7, 11) is -2.30. The van der Waals surface area contributed by atoms with Crippen LogP contribution in [0, 0.1) is 0 Å². The van der Waals surface area contributed by atoms with E-state index in [-0.39, 0.29) is 11.2 Å². The normalized spacial score (nSPS) is 13.5. The highest BCUT2D eigenvalue weighted by Crippen LogP contribution is 2.30. The minimum atomic E-state index is -2.30. The van der Waals surface area contributed by atoms with Crippen molar-refractivity contribution in [1.82, 2.24) is 0 Å². The summed E-state index contributed by atoms with van der Waals surface area (Å²) in [5.41, 5.74) is -0.410. The molecule has 3 heteroatoms. The van der Waals surface area contributed by atoms with Crippen molar-refractivity contribution < 1.29 is 8.85 Å². The monoisotopic (exact) mass is 256 g/mol. The first-order valence-electron chi connectivity index (χ1n) is 6.16. The van der Waals surface area contributed by atoms with Gasteiger partial charge in [0.25, 0.3) is 0 Å². The van der Waals surface area contributed by atoms with Gasteiger partial charge < -0.3 is 8.85 Å². The Morgan fingerprint density at radius 3 is 1.29 bits per heavy atom. The fourth-order valence-electron chi connectivity index (χ4n) is 1.83. The van der Waals surface area contributed by atoms with Crippen molar-refractivity contribution in [1.29, 1.82) is 0 Å². The molecule has 0 aromatic carbocycles. The first-order valence-corrected chi connectivity index (χ1v) is 8.39. The summed E-state index contributed by atoms with van der Waals surface area (Å²) < 4.78 is 12.5. The highest BCUT2D eigenvalue weighted by molar-refractivity contribution is 6.68. The molecule has 0 saturated carbocycles. The van der Waals surface area contributed by atoms with Crippen LogP contribution in [-0.4, -0.2) is 19.8 Å². The second-order valence-electron chi connectivity index (χ2n) is 6.33. The van der Waals surface area contributed by atoms with Crippen molar-refractivity contribution in [2.45, 2.75) is 64.8 Å². The molecular weight excluding hydrogens is 228 g/mol. The van der Waals surface area contributed by atoms with Gasteiger partial charge in [0.1, 0.15) is 0 Å². The molecule has 17 heavy (non-hydrogen) atoms. The van der Waals surface area contributed by atoms with Gasteiger partial charge in [0.05, 0.1) is 11.2 Å². The van der Waals surface area contributed by atoms with E-state index >= 15 is 0 Å². The van der Waals surface area contributed by atoms with E-state index in [4.69, 9.17) is 8.85 Å². The molecule has 0 aromatic heterocycles. The second-order valence-corrected chi connectivity index (χ2v) is 9.37. The zero-order valence-corrected chi connectivity index (χ0v) is 13.3. The minimum absolute atomic E-state index is 0.205. The summed E-state index contributed by atoms with van der Waals surface area (Å²) in [4.78, 5) is 0. The van der Waals surface area contributed by atoms with Crippen molar-refractivity contribution in [2.75, 3.05) is 0 Å². The molecule has 0 N–H and O–H groups in total. The van der Waals surface area contributed by atoms with Crippen LogP contribution in [-0.2, 0) is 8.85 Å². The van der Waals surface area contributed by atoms with Gasteiger partial charge in [-0.25, -0.2) is 0 Å². The molecule has 0 atom stereocenters. The third-order valence-corrected chi connectivity index (χ3v) is 5.69. The van der Waals surface area contributed by atoms with Gasteiger partial charge in [-0.05, 0) is 41.5 Å². The smallest absolute Gasteiger partial charge is 0.346 e. The Bertz CT molecular complexity index is 230. The minimum Gasteiger partial charge on any atom is -0.389 e. The summed E-state index contributed by atoms with van der Waals surface area (Å²) >= 11 is 0. The van der Waals surface area contributed by atoms with Gasteiger partial charge in [0.15, 0.2) is 0 Å². The summed E-state index contributed by atoms with van der Waals surface area (Å²) in [5, 5.41) is 0. The highest BCUT2D eigenvalue weighted by Gasteiger charge is 2.42. The largest absolute Gasteiger partial charge is 0.389 e. The standard InChI is InChI=1S/C14H28O2Si/c1-9-11-17(12-10-2,15-13(3,4)5)16-14(6,7)8/h9-10H,1-2,11-12H2,3-8H3. The molecule has 0 aromatic rings. The summed E-state index contributed by atoms with van der Waals surface area (Å²) in [6.45, 7) is 20.0. The van der Waals surface area contributed by atoms with E-state index < -0.39 is 8.56 Å². The predicted molar refractivity (Wildman–Crippen MR) is 77.4 cm³/mol. The number of rotatable bonds is 6. The van der Waals surface area contributed by atoms with E-state index in [0.29, 0.717) is 0 Å². The fraction of sp³-hybridized carbons (Fsp3) is 0.714. The van der Waals surface area contributed by atoms with Gasteiger partial charge >= 0.3 is 8.56 Å². The van der Waals surface area contributed by atoms with Crippen LogP contribution >= 0.6 is 0 Å². The van der Waals surface area contributed by atoms with Crippen LogP contribution in [0.2, 0.25) is 12.1 Å². The zero-order chi connectivity index (χ0) is 13.7. The molecule has 0 spiro atoms. The molecule has 0 rings (SSSR count). The van der Waals surface area contributed by atoms with Crippen LogP contribution in [0.25, 0.3) is 0 Å². The van der Waals surface area contributed by atoms with Crippen LogP contribution in [0.15, 0.2) is 25.3 Å². The molecule has 0 heterocycles. The molecule has 0 radical (unpaired) electrons. The zero-order valence-electron chi connectivity index (χ0n) is 12.3.